The van der Waals surface area contributed by atoms with Gasteiger partial charge in [-0.05, 0) is 32.1 Å². The molecule has 1 unspecified atom stereocenters. The highest BCUT2D eigenvalue weighted by atomic mass is 16.5. The summed E-state index contributed by atoms with van der Waals surface area (Å²) in [5, 5.41) is 0. The molecule has 5 nitrogen and oxygen atoms in total. The van der Waals surface area contributed by atoms with Crippen LogP contribution in [0.25, 0.3) is 0 Å². The Morgan fingerprint density at radius 1 is 1.21 bits per heavy atom. The number of hydrogen-bond acceptors (Lipinski definition) is 3. The minimum absolute atomic E-state index is 0.0776. The maximum Gasteiger partial charge on any atom is 0.410 e. The molecule has 0 aliphatic carbocycles. The van der Waals surface area contributed by atoms with Crippen molar-refractivity contribution >= 4 is 12.0 Å². The molecule has 1 heterocycles. The predicted molar refractivity (Wildman–Crippen MR) is 73.9 cm³/mol. The highest BCUT2D eigenvalue weighted by molar-refractivity contribution is 5.86. The molecule has 2 amide bonds. The molecule has 1 atom stereocenters. The SMILES string of the molecule is CCCN(CCC)C(=O)C1CCCCN1C(=O)OC. The van der Waals surface area contributed by atoms with E-state index in [4.69, 9.17) is 4.74 Å². The number of ether oxygens (including phenoxy) is 1. The van der Waals surface area contributed by atoms with E-state index >= 15 is 0 Å². The number of likely N-dealkylation sites (tertiary alicyclic amines) is 1. The molecule has 1 saturated heterocycles. The number of nitrogens with zero attached hydrogens (tertiary/aromatic N) is 2. The standard InChI is InChI=1S/C14H26N2O3/c1-4-9-15(10-5-2)13(17)12-8-6-7-11-16(12)14(18)19-3/h12H,4-11H2,1-3H3. The Kier molecular flexibility index (Phi) is 6.67. The van der Waals surface area contributed by atoms with Gasteiger partial charge in [0, 0.05) is 19.6 Å². The lowest BCUT2D eigenvalue weighted by Crippen LogP contribution is -2.53. The molecule has 0 aromatic rings. The van der Waals surface area contributed by atoms with Crippen LogP contribution >= 0.6 is 0 Å². The summed E-state index contributed by atoms with van der Waals surface area (Å²) in [5.41, 5.74) is 0. The maximum atomic E-state index is 12.6. The van der Waals surface area contributed by atoms with Crippen LogP contribution in [-0.4, -0.2) is 54.6 Å². The Morgan fingerprint density at radius 2 is 1.84 bits per heavy atom. The minimum Gasteiger partial charge on any atom is -0.453 e. The first kappa shape index (κ1) is 15.8. The van der Waals surface area contributed by atoms with Crippen molar-refractivity contribution in [2.75, 3.05) is 26.7 Å². The van der Waals surface area contributed by atoms with Gasteiger partial charge in [0.2, 0.25) is 5.91 Å². The van der Waals surface area contributed by atoms with Crippen molar-refractivity contribution in [1.82, 2.24) is 9.80 Å². The monoisotopic (exact) mass is 270 g/mol. The van der Waals surface area contributed by atoms with Crippen molar-refractivity contribution in [2.24, 2.45) is 0 Å². The van der Waals surface area contributed by atoms with Crippen molar-refractivity contribution < 1.29 is 14.3 Å². The third kappa shape index (κ3) is 4.11. The van der Waals surface area contributed by atoms with Gasteiger partial charge in [-0.25, -0.2) is 4.79 Å². The fraction of sp³-hybridized carbons (Fsp3) is 0.857. The zero-order valence-corrected chi connectivity index (χ0v) is 12.4. The van der Waals surface area contributed by atoms with E-state index in [1.807, 2.05) is 4.90 Å². The van der Waals surface area contributed by atoms with Crippen LogP contribution in [0, 0.1) is 0 Å². The van der Waals surface area contributed by atoms with Crippen molar-refractivity contribution in [3.05, 3.63) is 0 Å². The van der Waals surface area contributed by atoms with Crippen LogP contribution < -0.4 is 0 Å². The number of piperidine rings is 1. The van der Waals surface area contributed by atoms with E-state index in [9.17, 15) is 9.59 Å². The van der Waals surface area contributed by atoms with Gasteiger partial charge in [0.25, 0.3) is 0 Å². The predicted octanol–water partition coefficient (Wildman–Crippen LogP) is 2.26. The normalized spacial score (nSPS) is 19.1. The Hall–Kier alpha value is -1.26. The second-order valence-electron chi connectivity index (χ2n) is 5.00. The van der Waals surface area contributed by atoms with Gasteiger partial charge in [-0.15, -0.1) is 0 Å². The largest absolute Gasteiger partial charge is 0.453 e. The Labute approximate surface area is 115 Å². The van der Waals surface area contributed by atoms with Crippen molar-refractivity contribution in [3.8, 4) is 0 Å². The van der Waals surface area contributed by atoms with Crippen LogP contribution in [-0.2, 0) is 9.53 Å². The maximum absolute atomic E-state index is 12.6. The molecule has 110 valence electrons. The molecular formula is C14H26N2O3. The molecule has 1 fully saturated rings. The zero-order chi connectivity index (χ0) is 14.3. The summed E-state index contributed by atoms with van der Waals surface area (Å²) in [5.74, 6) is 0.0776. The third-order valence-electron chi connectivity index (χ3n) is 3.50. The fourth-order valence-corrected chi connectivity index (χ4v) is 2.61. The fourth-order valence-electron chi connectivity index (χ4n) is 2.61. The molecule has 1 rings (SSSR count). The molecule has 0 N–H and O–H groups in total. The lowest BCUT2D eigenvalue weighted by Gasteiger charge is -2.36. The topological polar surface area (TPSA) is 49.9 Å². The van der Waals surface area contributed by atoms with Gasteiger partial charge in [0.05, 0.1) is 7.11 Å². The average molecular weight is 270 g/mol. The van der Waals surface area contributed by atoms with Crippen LogP contribution in [0.2, 0.25) is 0 Å². The first-order valence-corrected chi connectivity index (χ1v) is 7.29. The molecule has 19 heavy (non-hydrogen) atoms. The molecule has 0 radical (unpaired) electrons. The summed E-state index contributed by atoms with van der Waals surface area (Å²) < 4.78 is 4.79. The number of amides is 2. The number of carbonyl (C=O) groups excluding carboxylic acids is 2. The molecule has 0 saturated carbocycles. The molecule has 1 aliphatic heterocycles. The van der Waals surface area contributed by atoms with Crippen molar-refractivity contribution in [2.45, 2.75) is 52.0 Å². The summed E-state index contributed by atoms with van der Waals surface area (Å²) in [7, 11) is 1.37. The van der Waals surface area contributed by atoms with E-state index in [0.717, 1.165) is 45.2 Å². The highest BCUT2D eigenvalue weighted by Crippen LogP contribution is 2.20. The summed E-state index contributed by atoms with van der Waals surface area (Å²) in [4.78, 5) is 27.8. The highest BCUT2D eigenvalue weighted by Gasteiger charge is 2.34. The molecule has 1 aliphatic rings. The number of methoxy groups -OCH3 is 1. The van der Waals surface area contributed by atoms with Gasteiger partial charge in [-0.3, -0.25) is 9.69 Å². The molecule has 0 spiro atoms. The van der Waals surface area contributed by atoms with Gasteiger partial charge >= 0.3 is 6.09 Å². The quantitative estimate of drug-likeness (QED) is 0.770. The van der Waals surface area contributed by atoms with E-state index in [2.05, 4.69) is 13.8 Å². The summed E-state index contributed by atoms with van der Waals surface area (Å²) in [6, 6.07) is -0.334. The van der Waals surface area contributed by atoms with Crippen LogP contribution in [0.4, 0.5) is 4.79 Å². The number of carbonyl (C=O) groups is 2. The Morgan fingerprint density at radius 3 is 2.37 bits per heavy atom. The van der Waals surface area contributed by atoms with Gasteiger partial charge in [-0.1, -0.05) is 13.8 Å². The van der Waals surface area contributed by atoms with Crippen molar-refractivity contribution in [1.29, 1.82) is 0 Å². The zero-order valence-electron chi connectivity index (χ0n) is 12.4. The van der Waals surface area contributed by atoms with Crippen LogP contribution in [0.1, 0.15) is 46.0 Å². The molecule has 0 aromatic carbocycles. The van der Waals surface area contributed by atoms with Gasteiger partial charge < -0.3 is 9.64 Å². The average Bonchev–Trinajstić information content (AvgIpc) is 2.45. The van der Waals surface area contributed by atoms with Crippen LogP contribution in [0.5, 0.6) is 0 Å². The van der Waals surface area contributed by atoms with E-state index in [1.165, 1.54) is 7.11 Å². The number of rotatable bonds is 5. The second-order valence-corrected chi connectivity index (χ2v) is 5.00. The smallest absolute Gasteiger partial charge is 0.410 e. The van der Waals surface area contributed by atoms with E-state index in [-0.39, 0.29) is 18.0 Å². The van der Waals surface area contributed by atoms with Gasteiger partial charge in [0.15, 0.2) is 0 Å². The molecule has 0 bridgehead atoms. The lowest BCUT2D eigenvalue weighted by molar-refractivity contribution is -0.137. The molecule has 0 aromatic heterocycles. The molecular weight excluding hydrogens is 244 g/mol. The van der Waals surface area contributed by atoms with E-state index in [1.54, 1.807) is 4.90 Å². The summed E-state index contributed by atoms with van der Waals surface area (Å²) >= 11 is 0. The number of hydrogen-bond donors (Lipinski definition) is 0. The van der Waals surface area contributed by atoms with Crippen molar-refractivity contribution in [3.63, 3.8) is 0 Å². The van der Waals surface area contributed by atoms with E-state index < -0.39 is 0 Å². The Balaban J connectivity index is 2.76. The first-order chi connectivity index (χ1) is 9.15. The van der Waals surface area contributed by atoms with Crippen LogP contribution in [0.15, 0.2) is 0 Å². The van der Waals surface area contributed by atoms with Crippen LogP contribution in [0.3, 0.4) is 0 Å². The minimum atomic E-state index is -0.383. The summed E-state index contributed by atoms with van der Waals surface area (Å²) in [6.45, 7) is 6.27. The van der Waals surface area contributed by atoms with E-state index in [0.29, 0.717) is 6.54 Å². The van der Waals surface area contributed by atoms with Gasteiger partial charge in [-0.2, -0.15) is 0 Å². The second kappa shape index (κ2) is 8.02. The molecule has 5 heteroatoms. The summed E-state index contributed by atoms with van der Waals surface area (Å²) in [6.07, 6.45) is 4.19. The third-order valence-corrected chi connectivity index (χ3v) is 3.50. The van der Waals surface area contributed by atoms with Gasteiger partial charge in [0.1, 0.15) is 6.04 Å². The Bertz CT molecular complexity index is 301. The first-order valence-electron chi connectivity index (χ1n) is 7.29. The lowest BCUT2D eigenvalue weighted by atomic mass is 10.0.